The quantitative estimate of drug-likeness (QED) is 0.599. The summed E-state index contributed by atoms with van der Waals surface area (Å²) in [4.78, 5) is 26.0. The molecule has 8 atom stereocenters. The van der Waals surface area contributed by atoms with Gasteiger partial charge in [0.15, 0.2) is 0 Å². The van der Waals surface area contributed by atoms with Crippen molar-refractivity contribution in [2.75, 3.05) is 20.2 Å². The predicted octanol–water partition coefficient (Wildman–Crippen LogP) is -0.116. The third-order valence-electron chi connectivity index (χ3n) is 6.13. The van der Waals surface area contributed by atoms with Gasteiger partial charge in [-0.1, -0.05) is 0 Å². The highest BCUT2D eigenvalue weighted by Crippen LogP contribution is 2.48. The Morgan fingerprint density at radius 3 is 2.75 bits per heavy atom. The fourth-order valence-corrected chi connectivity index (χ4v) is 5.44. The van der Waals surface area contributed by atoms with Crippen molar-refractivity contribution in [2.45, 2.75) is 49.4 Å². The number of fused-ring (bicyclic) bond motifs is 3. The maximum absolute atomic E-state index is 14.7. The lowest BCUT2D eigenvalue weighted by atomic mass is 9.66. The lowest BCUT2D eigenvalue weighted by molar-refractivity contribution is -0.140. The van der Waals surface area contributed by atoms with Gasteiger partial charge in [-0.25, -0.2) is 4.39 Å². The Morgan fingerprint density at radius 1 is 1.42 bits per heavy atom. The van der Waals surface area contributed by atoms with Crippen LogP contribution in [0.3, 0.4) is 0 Å². The van der Waals surface area contributed by atoms with Crippen molar-refractivity contribution in [1.82, 2.24) is 15.5 Å². The average Bonchev–Trinajstić information content (AvgIpc) is 2.97. The highest BCUT2D eigenvalue weighted by molar-refractivity contribution is 6.21. The van der Waals surface area contributed by atoms with E-state index in [-0.39, 0.29) is 41.7 Å². The van der Waals surface area contributed by atoms with Crippen LogP contribution >= 0.6 is 11.6 Å². The van der Waals surface area contributed by atoms with Crippen molar-refractivity contribution in [2.24, 2.45) is 17.8 Å². The van der Waals surface area contributed by atoms with Crippen molar-refractivity contribution < 1.29 is 19.1 Å². The van der Waals surface area contributed by atoms with E-state index >= 15 is 0 Å². The van der Waals surface area contributed by atoms with Crippen molar-refractivity contribution in [3.8, 4) is 0 Å². The molecule has 3 N–H and O–H groups in total. The van der Waals surface area contributed by atoms with Gasteiger partial charge in [-0.2, -0.15) is 0 Å². The van der Waals surface area contributed by atoms with Gasteiger partial charge in [0.1, 0.15) is 12.8 Å². The molecule has 3 rings (SSSR count). The Labute approximate surface area is 146 Å². The Balaban J connectivity index is 1.92. The third kappa shape index (κ3) is 2.70. The van der Waals surface area contributed by atoms with E-state index in [2.05, 4.69) is 10.6 Å². The van der Waals surface area contributed by atoms with Gasteiger partial charge < -0.3 is 20.6 Å². The highest BCUT2D eigenvalue weighted by Gasteiger charge is 2.59. The summed E-state index contributed by atoms with van der Waals surface area (Å²) in [7, 11) is 1.58. The molecule has 3 aliphatic rings. The topological polar surface area (TPSA) is 81.7 Å². The second-order valence-corrected chi connectivity index (χ2v) is 7.71. The number of hydrogen-bond donors (Lipinski definition) is 3. The lowest BCUT2D eigenvalue weighted by Gasteiger charge is -2.46. The molecule has 2 amide bonds. The Morgan fingerprint density at radius 2 is 2.12 bits per heavy atom. The largest absolute Gasteiger partial charge is 0.387 e. The number of likely N-dealkylation sites (tertiary alicyclic amines) is 1. The zero-order chi connectivity index (χ0) is 17.6. The van der Waals surface area contributed by atoms with Crippen LogP contribution in [0.2, 0.25) is 0 Å². The van der Waals surface area contributed by atoms with Gasteiger partial charge in [0, 0.05) is 37.6 Å². The van der Waals surface area contributed by atoms with Crippen LogP contribution in [-0.2, 0) is 9.59 Å². The number of amides is 2. The number of aliphatic hydroxyl groups excluding tert-OH is 1. The Hall–Kier alpha value is -0.920. The maximum Gasteiger partial charge on any atom is 0.248 e. The molecule has 0 aromatic rings. The van der Waals surface area contributed by atoms with E-state index in [1.807, 2.05) is 6.92 Å². The molecule has 6 nitrogen and oxygen atoms in total. The monoisotopic (exact) mass is 361 g/mol. The summed E-state index contributed by atoms with van der Waals surface area (Å²) < 4.78 is 14.7. The first kappa shape index (κ1) is 17.9. The number of aliphatic hydroxyl groups is 1. The second kappa shape index (κ2) is 6.77. The van der Waals surface area contributed by atoms with Crippen LogP contribution in [0.5, 0.6) is 0 Å². The Kier molecular flexibility index (Phi) is 5.04. The van der Waals surface area contributed by atoms with Gasteiger partial charge >= 0.3 is 0 Å². The van der Waals surface area contributed by atoms with Gasteiger partial charge in [-0.05, 0) is 31.6 Å². The van der Waals surface area contributed by atoms with Gasteiger partial charge in [-0.15, -0.1) is 11.6 Å². The minimum absolute atomic E-state index is 0.0241. The normalized spacial score (nSPS) is 44.6. The van der Waals surface area contributed by atoms with E-state index in [1.54, 1.807) is 11.9 Å². The molecule has 1 saturated carbocycles. The maximum atomic E-state index is 14.7. The predicted molar refractivity (Wildman–Crippen MR) is 87.3 cm³/mol. The summed E-state index contributed by atoms with van der Waals surface area (Å²) in [6, 6.07) is -0.563. The number of carbonyl (C=O) groups excluding carboxylic acids is 2. The van der Waals surface area contributed by atoms with Gasteiger partial charge in [0.05, 0.1) is 5.38 Å². The molecule has 7 unspecified atom stereocenters. The summed E-state index contributed by atoms with van der Waals surface area (Å²) in [5, 5.41) is 14.5. The number of halogens is 2. The van der Waals surface area contributed by atoms with E-state index in [1.165, 1.54) is 0 Å². The molecule has 0 aromatic carbocycles. The lowest BCUT2D eigenvalue weighted by Crippen LogP contribution is -2.56. The number of carbonyl (C=O) groups is 2. The summed E-state index contributed by atoms with van der Waals surface area (Å²) in [5.74, 6) is -1.04. The molecular weight excluding hydrogens is 337 g/mol. The highest BCUT2D eigenvalue weighted by atomic mass is 35.5. The van der Waals surface area contributed by atoms with E-state index in [0.717, 1.165) is 0 Å². The first-order valence-corrected chi connectivity index (χ1v) is 9.00. The summed E-state index contributed by atoms with van der Waals surface area (Å²) in [6.07, 6.45) is -0.222. The van der Waals surface area contributed by atoms with E-state index in [4.69, 9.17) is 11.6 Å². The fraction of sp³-hybridized carbons (Fsp3) is 0.875. The van der Waals surface area contributed by atoms with Crippen molar-refractivity contribution >= 4 is 23.4 Å². The first-order chi connectivity index (χ1) is 11.4. The number of hydrogen-bond acceptors (Lipinski definition) is 4. The standard InChI is InChI=1S/C16H25ClFN3O3/c1-7-12-10(3-4-21(7)11(23)6-22)20-15-13(12)8(16(24)19-2)5-9(17)14(15)18/h7-10,12-15,20,22H,3-6H2,1-2H3,(H,19,24)/t7-,8?,9?,10?,12?,13?,14?,15?/m0/s1. The molecule has 0 bridgehead atoms. The summed E-state index contributed by atoms with van der Waals surface area (Å²) in [5.41, 5.74) is 0. The average molecular weight is 362 g/mol. The summed E-state index contributed by atoms with van der Waals surface area (Å²) in [6.45, 7) is 1.92. The molecule has 0 spiro atoms. The first-order valence-electron chi connectivity index (χ1n) is 8.56. The fourth-order valence-electron chi connectivity index (χ4n) is 5.09. The van der Waals surface area contributed by atoms with Crippen molar-refractivity contribution in [3.05, 3.63) is 0 Å². The van der Waals surface area contributed by atoms with Gasteiger partial charge in [-0.3, -0.25) is 9.59 Å². The number of nitrogens with one attached hydrogen (secondary N) is 2. The summed E-state index contributed by atoms with van der Waals surface area (Å²) >= 11 is 6.17. The second-order valence-electron chi connectivity index (χ2n) is 7.15. The van der Waals surface area contributed by atoms with Crippen LogP contribution in [0.25, 0.3) is 0 Å². The SMILES string of the molecule is CNC(=O)C1CC(Cl)C(F)C2NC3CCN(C(=O)CO)[C@@H](C)C3C12. The number of piperidine rings is 1. The van der Waals surface area contributed by atoms with Gasteiger partial charge in [0.25, 0.3) is 0 Å². The minimum atomic E-state index is -1.21. The zero-order valence-corrected chi connectivity index (χ0v) is 14.7. The van der Waals surface area contributed by atoms with Crippen LogP contribution in [0.4, 0.5) is 4.39 Å². The van der Waals surface area contributed by atoms with Crippen LogP contribution in [0.15, 0.2) is 0 Å². The van der Waals surface area contributed by atoms with E-state index in [9.17, 15) is 19.1 Å². The smallest absolute Gasteiger partial charge is 0.248 e. The molecule has 24 heavy (non-hydrogen) atoms. The van der Waals surface area contributed by atoms with Crippen molar-refractivity contribution in [1.29, 1.82) is 0 Å². The Bertz CT molecular complexity index is 523. The number of alkyl halides is 2. The molecule has 2 saturated heterocycles. The third-order valence-corrected chi connectivity index (χ3v) is 6.55. The molecular formula is C16H25ClFN3O3. The van der Waals surface area contributed by atoms with Crippen LogP contribution in [0.1, 0.15) is 19.8 Å². The van der Waals surface area contributed by atoms with Crippen LogP contribution < -0.4 is 10.6 Å². The van der Waals surface area contributed by atoms with Crippen LogP contribution in [0, 0.1) is 17.8 Å². The molecule has 0 aromatic heterocycles. The number of rotatable bonds is 2. The molecule has 3 fully saturated rings. The zero-order valence-electron chi connectivity index (χ0n) is 13.9. The van der Waals surface area contributed by atoms with Crippen molar-refractivity contribution in [3.63, 3.8) is 0 Å². The molecule has 2 heterocycles. The van der Waals surface area contributed by atoms with E-state index in [0.29, 0.717) is 19.4 Å². The van der Waals surface area contributed by atoms with Gasteiger partial charge in [0.2, 0.25) is 11.8 Å². The van der Waals surface area contributed by atoms with E-state index < -0.39 is 24.2 Å². The minimum Gasteiger partial charge on any atom is -0.387 e. The number of nitrogens with zero attached hydrogens (tertiary/aromatic N) is 1. The molecule has 1 aliphatic carbocycles. The van der Waals surface area contributed by atoms with Crippen LogP contribution in [-0.4, -0.2) is 71.7 Å². The molecule has 0 radical (unpaired) electrons. The molecule has 136 valence electrons. The molecule has 8 heteroatoms. The molecule has 2 aliphatic heterocycles.